The standard InChI is InChI=1S/C26H25ClFN3O4/c27-20-2-1-3-21(28)23(20)24-19(25(35-30-24)14-4-5-14)13-34-18-10-16-7-8-17(11-18)31(16)22-9-6-15(12-29-22)26(32)33/h1-3,6,9,12,14,16-18H,4-5,7-8,10-11,13H2,(H,32,33)/t16-,17+,18+. The molecule has 2 aromatic heterocycles. The summed E-state index contributed by atoms with van der Waals surface area (Å²) in [5, 5.41) is 13.7. The topological polar surface area (TPSA) is 88.7 Å². The summed E-state index contributed by atoms with van der Waals surface area (Å²) in [4.78, 5) is 17.9. The van der Waals surface area contributed by atoms with Crippen LogP contribution in [0.1, 0.15) is 66.1 Å². The number of hydrogen-bond donors (Lipinski definition) is 1. The van der Waals surface area contributed by atoms with Crippen LogP contribution in [0.15, 0.2) is 41.1 Å². The van der Waals surface area contributed by atoms with Gasteiger partial charge >= 0.3 is 5.97 Å². The van der Waals surface area contributed by atoms with Crippen molar-refractivity contribution < 1.29 is 23.6 Å². The molecule has 35 heavy (non-hydrogen) atoms. The Labute approximate surface area is 206 Å². The summed E-state index contributed by atoms with van der Waals surface area (Å²) < 4.78 is 26.7. The van der Waals surface area contributed by atoms with Crippen molar-refractivity contribution in [2.24, 2.45) is 0 Å². The van der Waals surface area contributed by atoms with E-state index in [1.165, 1.54) is 12.3 Å². The number of rotatable bonds is 7. The summed E-state index contributed by atoms with van der Waals surface area (Å²) in [6.07, 6.45) is 7.31. The third kappa shape index (κ3) is 4.19. The molecule has 1 saturated carbocycles. The van der Waals surface area contributed by atoms with Crippen LogP contribution in [-0.2, 0) is 11.3 Å². The summed E-state index contributed by atoms with van der Waals surface area (Å²) in [5.41, 5.74) is 1.66. The first-order chi connectivity index (χ1) is 17.0. The van der Waals surface area contributed by atoms with Crippen molar-refractivity contribution in [2.75, 3.05) is 4.90 Å². The summed E-state index contributed by atoms with van der Waals surface area (Å²) in [6.45, 7) is 0.297. The Hall–Kier alpha value is -2.97. The van der Waals surface area contributed by atoms with Crippen molar-refractivity contribution >= 4 is 23.4 Å². The van der Waals surface area contributed by atoms with Gasteiger partial charge < -0.3 is 19.3 Å². The van der Waals surface area contributed by atoms with Gasteiger partial charge in [0.25, 0.3) is 0 Å². The van der Waals surface area contributed by atoms with E-state index in [1.54, 1.807) is 24.3 Å². The normalized spacial score (nSPS) is 23.6. The van der Waals surface area contributed by atoms with Gasteiger partial charge in [0.15, 0.2) is 0 Å². The molecule has 0 spiro atoms. The van der Waals surface area contributed by atoms with E-state index in [9.17, 15) is 9.18 Å². The molecule has 0 amide bonds. The maximum absolute atomic E-state index is 14.7. The van der Waals surface area contributed by atoms with E-state index in [2.05, 4.69) is 15.0 Å². The Kier molecular flexibility index (Phi) is 5.73. The Bertz CT molecular complexity index is 1230. The van der Waals surface area contributed by atoms with Crippen molar-refractivity contribution in [1.82, 2.24) is 10.1 Å². The molecule has 1 aromatic carbocycles. The number of piperidine rings is 1. The maximum Gasteiger partial charge on any atom is 0.337 e. The van der Waals surface area contributed by atoms with Crippen LogP contribution < -0.4 is 4.90 Å². The van der Waals surface area contributed by atoms with Crippen molar-refractivity contribution in [1.29, 1.82) is 0 Å². The SMILES string of the molecule is O=C(O)c1ccc(N2[C@@H]3CC[C@H]2C[C@@H](OCc2c(-c4c(F)cccc4Cl)noc2C2CC2)C3)nc1. The van der Waals surface area contributed by atoms with Crippen LogP contribution in [-0.4, -0.2) is 39.4 Å². The van der Waals surface area contributed by atoms with Crippen LogP contribution in [0.4, 0.5) is 10.2 Å². The molecule has 1 N–H and O–H groups in total. The number of carboxylic acids is 1. The minimum Gasteiger partial charge on any atom is -0.478 e. The molecule has 2 bridgehead atoms. The first kappa shape index (κ1) is 22.5. The molecule has 3 aromatic rings. The number of nitrogens with zero attached hydrogens (tertiary/aromatic N) is 3. The number of carboxylic acid groups (broad SMARTS) is 1. The number of halogens is 2. The Morgan fingerprint density at radius 1 is 1.17 bits per heavy atom. The molecule has 1 aliphatic carbocycles. The van der Waals surface area contributed by atoms with Gasteiger partial charge in [-0.2, -0.15) is 0 Å². The monoisotopic (exact) mass is 497 g/mol. The third-order valence-electron chi connectivity index (χ3n) is 7.38. The van der Waals surface area contributed by atoms with Crippen LogP contribution in [0.25, 0.3) is 11.3 Å². The zero-order valence-electron chi connectivity index (χ0n) is 19.0. The summed E-state index contributed by atoms with van der Waals surface area (Å²) in [7, 11) is 0. The van der Waals surface area contributed by atoms with Crippen molar-refractivity contribution in [3.05, 3.63) is 64.3 Å². The fourth-order valence-corrected chi connectivity index (χ4v) is 5.80. The summed E-state index contributed by atoms with van der Waals surface area (Å²) in [5.74, 6) is 0.491. The largest absolute Gasteiger partial charge is 0.478 e. The average molecular weight is 498 g/mol. The van der Waals surface area contributed by atoms with Crippen molar-refractivity contribution in [2.45, 2.75) is 69.2 Å². The average Bonchev–Trinajstić information content (AvgIpc) is 3.55. The molecule has 7 nitrogen and oxygen atoms in total. The number of anilines is 1. The molecule has 0 unspecified atom stereocenters. The van der Waals surface area contributed by atoms with E-state index in [0.717, 1.165) is 55.7 Å². The molecule has 182 valence electrons. The fraction of sp³-hybridized carbons (Fsp3) is 0.423. The molecular formula is C26H25ClFN3O4. The molecule has 2 saturated heterocycles. The number of benzene rings is 1. The van der Waals surface area contributed by atoms with Gasteiger partial charge in [0.05, 0.1) is 28.9 Å². The van der Waals surface area contributed by atoms with Crippen LogP contribution in [0, 0.1) is 5.82 Å². The summed E-state index contributed by atoms with van der Waals surface area (Å²) in [6, 6.07) is 8.57. The van der Waals surface area contributed by atoms with Gasteiger partial charge in [0.2, 0.25) is 0 Å². The molecule has 0 radical (unpaired) electrons. The second kappa shape index (κ2) is 8.91. The molecule has 2 aliphatic heterocycles. The van der Waals surface area contributed by atoms with Gasteiger partial charge in [0.1, 0.15) is 23.1 Å². The third-order valence-corrected chi connectivity index (χ3v) is 7.69. The Morgan fingerprint density at radius 2 is 1.94 bits per heavy atom. The van der Waals surface area contributed by atoms with Gasteiger partial charge in [-0.05, 0) is 62.8 Å². The van der Waals surface area contributed by atoms with Gasteiger partial charge in [-0.3, -0.25) is 0 Å². The van der Waals surface area contributed by atoms with Crippen LogP contribution >= 0.6 is 11.6 Å². The highest BCUT2D eigenvalue weighted by Crippen LogP contribution is 2.46. The molecular weight excluding hydrogens is 473 g/mol. The number of aromatic nitrogens is 2. The predicted molar refractivity (Wildman–Crippen MR) is 127 cm³/mol. The first-order valence-electron chi connectivity index (χ1n) is 12.0. The molecule has 3 atom stereocenters. The van der Waals surface area contributed by atoms with Gasteiger partial charge in [-0.25, -0.2) is 14.2 Å². The number of ether oxygens (including phenoxy) is 1. The number of pyridine rings is 1. The lowest BCUT2D eigenvalue weighted by Crippen LogP contribution is -2.46. The summed E-state index contributed by atoms with van der Waals surface area (Å²) >= 11 is 6.33. The minimum atomic E-state index is -0.977. The zero-order valence-corrected chi connectivity index (χ0v) is 19.7. The highest BCUT2D eigenvalue weighted by molar-refractivity contribution is 6.33. The number of aromatic carboxylic acids is 1. The molecule has 9 heteroatoms. The van der Waals surface area contributed by atoms with E-state index in [-0.39, 0.29) is 29.3 Å². The lowest BCUT2D eigenvalue weighted by atomic mass is 9.99. The van der Waals surface area contributed by atoms with E-state index < -0.39 is 11.8 Å². The van der Waals surface area contributed by atoms with Gasteiger partial charge in [-0.1, -0.05) is 22.8 Å². The van der Waals surface area contributed by atoms with Crippen LogP contribution in [0.2, 0.25) is 5.02 Å². The quantitative estimate of drug-likeness (QED) is 0.440. The van der Waals surface area contributed by atoms with E-state index in [1.807, 2.05) is 0 Å². The first-order valence-corrected chi connectivity index (χ1v) is 12.4. The molecule has 3 aliphatic rings. The van der Waals surface area contributed by atoms with Crippen molar-refractivity contribution in [3.63, 3.8) is 0 Å². The molecule has 4 heterocycles. The smallest absolute Gasteiger partial charge is 0.337 e. The highest BCUT2D eigenvalue weighted by atomic mass is 35.5. The molecule has 6 rings (SSSR count). The Morgan fingerprint density at radius 3 is 2.57 bits per heavy atom. The van der Waals surface area contributed by atoms with E-state index in [0.29, 0.717) is 23.2 Å². The van der Waals surface area contributed by atoms with E-state index >= 15 is 0 Å². The van der Waals surface area contributed by atoms with Gasteiger partial charge in [-0.15, -0.1) is 0 Å². The van der Waals surface area contributed by atoms with Gasteiger partial charge in [0, 0.05) is 29.8 Å². The highest BCUT2D eigenvalue weighted by Gasteiger charge is 2.42. The second-order valence-corrected chi connectivity index (χ2v) is 10.1. The van der Waals surface area contributed by atoms with Crippen molar-refractivity contribution in [3.8, 4) is 11.3 Å². The predicted octanol–water partition coefficient (Wildman–Crippen LogP) is 5.82. The maximum atomic E-state index is 14.7. The minimum absolute atomic E-state index is 0.0490. The number of hydrogen-bond acceptors (Lipinski definition) is 6. The number of carbonyl (C=O) groups is 1. The number of fused-ring (bicyclic) bond motifs is 2. The van der Waals surface area contributed by atoms with E-state index in [4.69, 9.17) is 26.0 Å². The fourth-order valence-electron chi connectivity index (χ4n) is 5.55. The lowest BCUT2D eigenvalue weighted by molar-refractivity contribution is 0.0146. The Balaban J connectivity index is 1.19. The second-order valence-electron chi connectivity index (χ2n) is 9.65. The zero-order chi connectivity index (χ0) is 24.1. The van der Waals surface area contributed by atoms with Crippen LogP contribution in [0.3, 0.4) is 0 Å². The molecule has 3 fully saturated rings. The van der Waals surface area contributed by atoms with Crippen LogP contribution in [0.5, 0.6) is 0 Å². The lowest BCUT2D eigenvalue weighted by Gasteiger charge is -2.39.